The fourth-order valence-electron chi connectivity index (χ4n) is 2.71. The maximum atomic E-state index is 13.8. The van der Waals surface area contributed by atoms with Gasteiger partial charge in [-0.05, 0) is 37.3 Å². The van der Waals surface area contributed by atoms with E-state index in [1.165, 1.54) is 30.0 Å². The lowest BCUT2D eigenvalue weighted by Gasteiger charge is -2.14. The van der Waals surface area contributed by atoms with Crippen LogP contribution in [-0.4, -0.2) is 32.3 Å². The van der Waals surface area contributed by atoms with Crippen LogP contribution in [0.1, 0.15) is 29.1 Å². The Labute approximate surface area is 182 Å². The Bertz CT molecular complexity index is 1070. The molecule has 0 aliphatic rings. The molecule has 0 saturated carbocycles. The van der Waals surface area contributed by atoms with Crippen LogP contribution in [0.4, 0.5) is 10.1 Å². The number of rotatable bonds is 7. The molecule has 30 heavy (non-hydrogen) atoms. The van der Waals surface area contributed by atoms with Gasteiger partial charge in [-0.1, -0.05) is 41.6 Å². The van der Waals surface area contributed by atoms with Gasteiger partial charge < -0.3 is 15.2 Å². The first-order chi connectivity index (χ1) is 14.3. The molecule has 1 atom stereocenters. The van der Waals surface area contributed by atoms with E-state index in [2.05, 4.69) is 20.8 Å². The number of aromatic nitrogens is 3. The van der Waals surface area contributed by atoms with Crippen LogP contribution in [0, 0.1) is 5.82 Å². The van der Waals surface area contributed by atoms with Gasteiger partial charge in [-0.3, -0.25) is 9.59 Å². The van der Waals surface area contributed by atoms with E-state index in [9.17, 15) is 14.0 Å². The van der Waals surface area contributed by atoms with E-state index in [4.69, 9.17) is 11.6 Å². The van der Waals surface area contributed by atoms with E-state index in [1.807, 2.05) is 0 Å². The van der Waals surface area contributed by atoms with Gasteiger partial charge in [0.1, 0.15) is 5.82 Å². The van der Waals surface area contributed by atoms with Crippen molar-refractivity contribution in [1.29, 1.82) is 0 Å². The second-order valence-electron chi connectivity index (χ2n) is 6.42. The van der Waals surface area contributed by atoms with Crippen LogP contribution < -0.4 is 10.6 Å². The van der Waals surface area contributed by atoms with Crippen molar-refractivity contribution >= 4 is 40.9 Å². The molecule has 0 spiro atoms. The predicted octanol–water partition coefficient (Wildman–Crippen LogP) is 3.83. The van der Waals surface area contributed by atoms with Crippen LogP contribution in [0.2, 0.25) is 5.02 Å². The Hall–Kier alpha value is -2.91. The highest BCUT2D eigenvalue weighted by atomic mass is 35.5. The lowest BCUT2D eigenvalue weighted by molar-refractivity contribution is -0.113. The Morgan fingerprint density at radius 1 is 1.20 bits per heavy atom. The first kappa shape index (κ1) is 21.8. The third kappa shape index (κ3) is 5.37. The number of anilines is 1. The second-order valence-corrected chi connectivity index (χ2v) is 7.80. The maximum Gasteiger partial charge on any atom is 0.254 e. The highest BCUT2D eigenvalue weighted by Crippen LogP contribution is 2.21. The molecule has 0 saturated heterocycles. The number of amides is 2. The van der Waals surface area contributed by atoms with Crippen LogP contribution in [-0.2, 0) is 11.8 Å². The number of thioether (sulfide) groups is 1. The Balaban J connectivity index is 1.59. The van der Waals surface area contributed by atoms with Crippen molar-refractivity contribution in [3.8, 4) is 0 Å². The molecule has 2 N–H and O–H groups in total. The summed E-state index contributed by atoms with van der Waals surface area (Å²) >= 11 is 7.12. The smallest absolute Gasteiger partial charge is 0.254 e. The first-order valence-electron chi connectivity index (χ1n) is 8.98. The molecule has 0 fully saturated rings. The van der Waals surface area contributed by atoms with E-state index in [-0.39, 0.29) is 17.2 Å². The Morgan fingerprint density at radius 2 is 1.97 bits per heavy atom. The van der Waals surface area contributed by atoms with Gasteiger partial charge in [0.2, 0.25) is 5.91 Å². The molecule has 2 aromatic carbocycles. The normalized spacial score (nSPS) is 11.7. The van der Waals surface area contributed by atoms with E-state index in [0.717, 1.165) is 0 Å². The van der Waals surface area contributed by atoms with Gasteiger partial charge in [0.05, 0.1) is 17.4 Å². The number of carbonyl (C=O) groups is 2. The average Bonchev–Trinajstić information content (AvgIpc) is 3.07. The van der Waals surface area contributed by atoms with E-state index in [0.29, 0.717) is 21.7 Å². The third-order valence-electron chi connectivity index (χ3n) is 4.16. The molecule has 2 amide bonds. The molecule has 0 bridgehead atoms. The van der Waals surface area contributed by atoms with Crippen molar-refractivity contribution in [3.05, 3.63) is 70.8 Å². The summed E-state index contributed by atoms with van der Waals surface area (Å²) in [4.78, 5) is 24.5. The van der Waals surface area contributed by atoms with Gasteiger partial charge in [0.15, 0.2) is 11.0 Å². The van der Waals surface area contributed by atoms with Crippen LogP contribution in [0.15, 0.2) is 53.7 Å². The molecule has 0 aliphatic heterocycles. The molecule has 3 rings (SSSR count). The fraction of sp³-hybridized carbons (Fsp3) is 0.200. The summed E-state index contributed by atoms with van der Waals surface area (Å²) in [5.41, 5.74) is 0.565. The van der Waals surface area contributed by atoms with Crippen molar-refractivity contribution in [2.24, 2.45) is 7.05 Å². The zero-order valence-electron chi connectivity index (χ0n) is 16.2. The van der Waals surface area contributed by atoms with Gasteiger partial charge in [0, 0.05) is 17.8 Å². The average molecular weight is 448 g/mol. The van der Waals surface area contributed by atoms with Crippen LogP contribution in [0.3, 0.4) is 0 Å². The number of nitrogens with zero attached hydrogens (tertiary/aromatic N) is 3. The highest BCUT2D eigenvalue weighted by molar-refractivity contribution is 7.99. The third-order valence-corrected chi connectivity index (χ3v) is 5.42. The van der Waals surface area contributed by atoms with Gasteiger partial charge in [0.25, 0.3) is 5.91 Å². The molecule has 7 nitrogen and oxygen atoms in total. The van der Waals surface area contributed by atoms with Gasteiger partial charge in [-0.15, -0.1) is 10.2 Å². The summed E-state index contributed by atoms with van der Waals surface area (Å²) < 4.78 is 15.5. The molecule has 0 radical (unpaired) electrons. The van der Waals surface area contributed by atoms with Crippen molar-refractivity contribution in [3.63, 3.8) is 0 Å². The number of carbonyl (C=O) groups excluding carboxylic acids is 2. The molecule has 0 unspecified atom stereocenters. The Kier molecular flexibility index (Phi) is 7.07. The molecule has 1 aromatic heterocycles. The number of hydrogen-bond donors (Lipinski definition) is 2. The quantitative estimate of drug-likeness (QED) is 0.537. The minimum atomic E-state index is -0.595. The molecular weight excluding hydrogens is 429 g/mol. The molecule has 0 aliphatic carbocycles. The summed E-state index contributed by atoms with van der Waals surface area (Å²) in [6.07, 6.45) is 0. The summed E-state index contributed by atoms with van der Waals surface area (Å²) in [6, 6.07) is 12.1. The van der Waals surface area contributed by atoms with Crippen molar-refractivity contribution < 1.29 is 14.0 Å². The fourth-order valence-corrected chi connectivity index (χ4v) is 3.62. The molecule has 3 aromatic rings. The molecule has 1 heterocycles. The SMILES string of the molecule is C[C@H](NC(=O)c1ccccc1F)c1nnc(SCC(=O)Nc2cccc(Cl)c2)n1C. The van der Waals surface area contributed by atoms with Crippen LogP contribution in [0.5, 0.6) is 0 Å². The minimum Gasteiger partial charge on any atom is -0.342 e. The van der Waals surface area contributed by atoms with E-state index < -0.39 is 17.8 Å². The van der Waals surface area contributed by atoms with Gasteiger partial charge >= 0.3 is 0 Å². The summed E-state index contributed by atoms with van der Waals surface area (Å²) in [6.45, 7) is 1.73. The summed E-state index contributed by atoms with van der Waals surface area (Å²) in [5.74, 6) is -0.750. The summed E-state index contributed by atoms with van der Waals surface area (Å²) in [5, 5.41) is 14.7. The standard InChI is InChI=1S/C20H19ClFN5O2S/c1-12(23-19(29)15-8-3-4-9-16(15)22)18-25-26-20(27(18)2)30-11-17(28)24-14-7-5-6-13(21)10-14/h3-10,12H,11H2,1-2H3,(H,23,29)(H,24,28)/t12-/m0/s1. The van der Waals surface area contributed by atoms with Crippen LogP contribution >= 0.6 is 23.4 Å². The highest BCUT2D eigenvalue weighted by Gasteiger charge is 2.20. The van der Waals surface area contributed by atoms with Crippen molar-refractivity contribution in [1.82, 2.24) is 20.1 Å². The maximum absolute atomic E-state index is 13.8. The molecule has 156 valence electrons. The largest absolute Gasteiger partial charge is 0.342 e. The van der Waals surface area contributed by atoms with Crippen molar-refractivity contribution in [2.75, 3.05) is 11.1 Å². The topological polar surface area (TPSA) is 88.9 Å². The minimum absolute atomic E-state index is 0.0428. The number of halogens is 2. The van der Waals surface area contributed by atoms with Crippen LogP contribution in [0.25, 0.3) is 0 Å². The lowest BCUT2D eigenvalue weighted by atomic mass is 10.2. The zero-order chi connectivity index (χ0) is 21.7. The zero-order valence-corrected chi connectivity index (χ0v) is 17.8. The molecular formula is C20H19ClFN5O2S. The van der Waals surface area contributed by atoms with Gasteiger partial charge in [-0.25, -0.2) is 4.39 Å². The van der Waals surface area contributed by atoms with E-state index in [1.54, 1.807) is 48.9 Å². The number of hydrogen-bond acceptors (Lipinski definition) is 5. The number of nitrogens with one attached hydrogen (secondary N) is 2. The predicted molar refractivity (Wildman–Crippen MR) is 114 cm³/mol. The summed E-state index contributed by atoms with van der Waals surface area (Å²) in [7, 11) is 1.73. The number of benzene rings is 2. The van der Waals surface area contributed by atoms with E-state index >= 15 is 0 Å². The molecule has 10 heteroatoms. The first-order valence-corrected chi connectivity index (χ1v) is 10.3. The lowest BCUT2D eigenvalue weighted by Crippen LogP contribution is -2.29. The second kappa shape index (κ2) is 9.73. The van der Waals surface area contributed by atoms with Crippen molar-refractivity contribution in [2.45, 2.75) is 18.1 Å². The monoisotopic (exact) mass is 447 g/mol. The Morgan fingerprint density at radius 3 is 2.70 bits per heavy atom. The van der Waals surface area contributed by atoms with Gasteiger partial charge in [-0.2, -0.15) is 0 Å².